The van der Waals surface area contributed by atoms with Gasteiger partial charge in [0.1, 0.15) is 0 Å². The molecule has 4 aromatic rings. The van der Waals surface area contributed by atoms with Crippen LogP contribution in [0.2, 0.25) is 0 Å². The van der Waals surface area contributed by atoms with Crippen LogP contribution in [-0.2, 0) is 12.8 Å². The zero-order valence-electron chi connectivity index (χ0n) is 14.4. The monoisotopic (exact) mass is 331 g/mol. The van der Waals surface area contributed by atoms with Gasteiger partial charge in [0.25, 0.3) is 0 Å². The maximum absolute atomic E-state index is 4.66. The van der Waals surface area contributed by atoms with E-state index in [2.05, 4.69) is 71.7 Å². The number of aromatic nitrogens is 1. The zero-order chi connectivity index (χ0) is 17.1. The highest BCUT2D eigenvalue weighted by atomic mass is 14.7. The molecule has 2 aliphatic carbocycles. The predicted octanol–water partition coefficient (Wildman–Crippen LogP) is 5.89. The van der Waals surface area contributed by atoms with E-state index in [9.17, 15) is 0 Å². The number of fused-ring (bicyclic) bond motifs is 7. The predicted molar refractivity (Wildman–Crippen MR) is 106 cm³/mol. The molecular weight excluding hydrogens is 314 g/mol. The summed E-state index contributed by atoms with van der Waals surface area (Å²) in [5.74, 6) is 0. The molecule has 122 valence electrons. The molecule has 0 spiro atoms. The summed E-state index contributed by atoms with van der Waals surface area (Å²) < 4.78 is 0. The van der Waals surface area contributed by atoms with Crippen molar-refractivity contribution in [2.24, 2.45) is 0 Å². The van der Waals surface area contributed by atoms with Gasteiger partial charge in [-0.2, -0.15) is 0 Å². The first-order valence-electron chi connectivity index (χ1n) is 9.17. The zero-order valence-corrected chi connectivity index (χ0v) is 14.4. The standard InChI is InChI=1S/C25H17N/c1-3-9-19-16(7-1)13-18-15-21(23-11-5-6-12-26-23)22-14-17-8-2-4-10-20(17)25(22)24(18)19/h1-12,15H,13-14H2. The number of hydrogen-bond acceptors (Lipinski definition) is 1. The van der Waals surface area contributed by atoms with Gasteiger partial charge in [-0.15, -0.1) is 0 Å². The molecule has 0 atom stereocenters. The Hall–Kier alpha value is -3.19. The Balaban J connectivity index is 1.73. The van der Waals surface area contributed by atoms with E-state index in [0.29, 0.717) is 0 Å². The topological polar surface area (TPSA) is 12.9 Å². The van der Waals surface area contributed by atoms with Crippen LogP contribution in [0.1, 0.15) is 22.3 Å². The lowest BCUT2D eigenvalue weighted by Crippen LogP contribution is -1.94. The molecule has 0 radical (unpaired) electrons. The number of benzene rings is 3. The van der Waals surface area contributed by atoms with Crippen LogP contribution in [-0.4, -0.2) is 4.98 Å². The van der Waals surface area contributed by atoms with E-state index < -0.39 is 0 Å². The summed E-state index contributed by atoms with van der Waals surface area (Å²) in [6.45, 7) is 0. The molecule has 1 heterocycles. The molecular formula is C25H17N. The van der Waals surface area contributed by atoms with E-state index in [4.69, 9.17) is 0 Å². The Morgan fingerprint density at radius 2 is 1.27 bits per heavy atom. The number of hydrogen-bond donors (Lipinski definition) is 0. The summed E-state index contributed by atoms with van der Waals surface area (Å²) in [4.78, 5) is 4.66. The van der Waals surface area contributed by atoms with E-state index in [1.807, 2.05) is 12.3 Å². The second kappa shape index (κ2) is 5.15. The van der Waals surface area contributed by atoms with E-state index >= 15 is 0 Å². The Kier molecular flexibility index (Phi) is 2.78. The number of nitrogens with zero attached hydrogens (tertiary/aromatic N) is 1. The van der Waals surface area contributed by atoms with Crippen molar-refractivity contribution in [2.75, 3.05) is 0 Å². The second-order valence-electron chi connectivity index (χ2n) is 7.19. The van der Waals surface area contributed by atoms with Gasteiger partial charge in [0.05, 0.1) is 5.69 Å². The normalized spacial score (nSPS) is 13.1. The molecule has 26 heavy (non-hydrogen) atoms. The molecule has 2 aliphatic rings. The lowest BCUT2D eigenvalue weighted by Gasteiger charge is -2.15. The second-order valence-corrected chi connectivity index (χ2v) is 7.19. The average Bonchev–Trinajstić information content (AvgIpc) is 3.26. The molecule has 0 fully saturated rings. The third-order valence-electron chi connectivity index (χ3n) is 5.78. The first kappa shape index (κ1) is 14.0. The van der Waals surface area contributed by atoms with Crippen molar-refractivity contribution >= 4 is 0 Å². The third kappa shape index (κ3) is 1.83. The van der Waals surface area contributed by atoms with E-state index in [-0.39, 0.29) is 0 Å². The Bertz CT molecular complexity index is 1170. The van der Waals surface area contributed by atoms with E-state index in [1.165, 1.54) is 50.1 Å². The van der Waals surface area contributed by atoms with Crippen molar-refractivity contribution in [1.29, 1.82) is 0 Å². The lowest BCUT2D eigenvalue weighted by atomic mass is 9.89. The minimum Gasteiger partial charge on any atom is -0.256 e. The Labute approximate surface area is 153 Å². The van der Waals surface area contributed by atoms with Crippen molar-refractivity contribution < 1.29 is 0 Å². The molecule has 1 nitrogen and oxygen atoms in total. The summed E-state index contributed by atoms with van der Waals surface area (Å²) in [6.07, 6.45) is 3.90. The lowest BCUT2D eigenvalue weighted by molar-refractivity contribution is 1.22. The molecule has 1 aromatic heterocycles. The van der Waals surface area contributed by atoms with Gasteiger partial charge in [-0.3, -0.25) is 4.98 Å². The highest BCUT2D eigenvalue weighted by molar-refractivity contribution is 5.98. The fourth-order valence-corrected chi connectivity index (χ4v) is 4.69. The SMILES string of the molecule is c1ccc(-c2cc3c(c4c2Cc2ccccc2-4)-c2ccccc2C3)nc1. The van der Waals surface area contributed by atoms with Gasteiger partial charge in [0.15, 0.2) is 0 Å². The van der Waals surface area contributed by atoms with Crippen molar-refractivity contribution in [3.05, 3.63) is 101 Å². The van der Waals surface area contributed by atoms with Crippen molar-refractivity contribution in [3.63, 3.8) is 0 Å². The molecule has 0 saturated carbocycles. The molecule has 6 rings (SSSR count). The molecule has 0 unspecified atom stereocenters. The summed E-state index contributed by atoms with van der Waals surface area (Å²) in [5.41, 5.74) is 13.8. The third-order valence-corrected chi connectivity index (χ3v) is 5.78. The van der Waals surface area contributed by atoms with E-state index in [0.717, 1.165) is 18.5 Å². The maximum Gasteiger partial charge on any atom is 0.0705 e. The molecule has 0 bridgehead atoms. The minimum absolute atomic E-state index is 0.993. The van der Waals surface area contributed by atoms with Crippen molar-refractivity contribution in [2.45, 2.75) is 12.8 Å². The Morgan fingerprint density at radius 3 is 2.04 bits per heavy atom. The summed E-state index contributed by atoms with van der Waals surface area (Å²) >= 11 is 0. The van der Waals surface area contributed by atoms with Crippen LogP contribution in [0.15, 0.2) is 79.0 Å². The molecule has 0 N–H and O–H groups in total. The van der Waals surface area contributed by atoms with Gasteiger partial charge in [-0.1, -0.05) is 54.6 Å². The largest absolute Gasteiger partial charge is 0.256 e. The summed E-state index contributed by atoms with van der Waals surface area (Å²) in [5, 5.41) is 0. The van der Waals surface area contributed by atoms with Crippen LogP contribution in [0.3, 0.4) is 0 Å². The quantitative estimate of drug-likeness (QED) is 0.366. The van der Waals surface area contributed by atoms with Gasteiger partial charge in [-0.05, 0) is 75.5 Å². The minimum atomic E-state index is 0.993. The van der Waals surface area contributed by atoms with Gasteiger partial charge < -0.3 is 0 Å². The Morgan fingerprint density at radius 1 is 0.577 bits per heavy atom. The number of rotatable bonds is 1. The summed E-state index contributed by atoms with van der Waals surface area (Å²) in [7, 11) is 0. The molecule has 0 amide bonds. The van der Waals surface area contributed by atoms with Crippen molar-refractivity contribution in [1.82, 2.24) is 4.98 Å². The smallest absolute Gasteiger partial charge is 0.0705 e. The van der Waals surface area contributed by atoms with Gasteiger partial charge in [-0.25, -0.2) is 0 Å². The first-order chi connectivity index (χ1) is 12.9. The van der Waals surface area contributed by atoms with Crippen LogP contribution in [0, 0.1) is 0 Å². The molecule has 1 heteroatoms. The maximum atomic E-state index is 4.66. The van der Waals surface area contributed by atoms with Crippen LogP contribution in [0.25, 0.3) is 33.5 Å². The number of pyridine rings is 1. The molecule has 0 saturated heterocycles. The van der Waals surface area contributed by atoms with Crippen LogP contribution >= 0.6 is 0 Å². The van der Waals surface area contributed by atoms with Gasteiger partial charge in [0, 0.05) is 11.8 Å². The average molecular weight is 331 g/mol. The molecule has 0 aliphatic heterocycles. The highest BCUT2D eigenvalue weighted by Crippen LogP contribution is 2.51. The van der Waals surface area contributed by atoms with Crippen LogP contribution < -0.4 is 0 Å². The van der Waals surface area contributed by atoms with Crippen LogP contribution in [0.5, 0.6) is 0 Å². The van der Waals surface area contributed by atoms with Gasteiger partial charge in [0.2, 0.25) is 0 Å². The molecule has 3 aromatic carbocycles. The fraction of sp³-hybridized carbons (Fsp3) is 0.0800. The van der Waals surface area contributed by atoms with Gasteiger partial charge >= 0.3 is 0 Å². The van der Waals surface area contributed by atoms with E-state index in [1.54, 1.807) is 0 Å². The van der Waals surface area contributed by atoms with Crippen molar-refractivity contribution in [3.8, 4) is 33.5 Å². The summed E-state index contributed by atoms with van der Waals surface area (Å²) in [6, 6.07) is 26.3. The first-order valence-corrected chi connectivity index (χ1v) is 9.17. The van der Waals surface area contributed by atoms with Crippen LogP contribution in [0.4, 0.5) is 0 Å². The highest BCUT2D eigenvalue weighted by Gasteiger charge is 2.31. The fourth-order valence-electron chi connectivity index (χ4n) is 4.69.